The van der Waals surface area contributed by atoms with Crippen molar-refractivity contribution in [1.82, 2.24) is 14.9 Å². The zero-order valence-corrected chi connectivity index (χ0v) is 15.8. The van der Waals surface area contributed by atoms with Crippen molar-refractivity contribution in [1.29, 1.82) is 0 Å². The van der Waals surface area contributed by atoms with Crippen LogP contribution in [-0.2, 0) is 0 Å². The van der Waals surface area contributed by atoms with Gasteiger partial charge in [-0.15, -0.1) is 0 Å². The van der Waals surface area contributed by atoms with Crippen LogP contribution in [0, 0.1) is 4.77 Å². The Morgan fingerprint density at radius 2 is 2.00 bits per heavy atom. The summed E-state index contributed by atoms with van der Waals surface area (Å²) >= 11 is 5.31. The Labute approximate surface area is 162 Å². The Morgan fingerprint density at radius 1 is 1.19 bits per heavy atom. The molecule has 0 aliphatic carbocycles. The van der Waals surface area contributed by atoms with E-state index >= 15 is 0 Å². The summed E-state index contributed by atoms with van der Waals surface area (Å²) in [5.74, 6) is 2.18. The number of hydrogen-bond donors (Lipinski definition) is 1. The molecule has 1 aromatic heterocycles. The first-order valence-corrected chi connectivity index (χ1v) is 8.91. The molecule has 0 bridgehead atoms. The van der Waals surface area contributed by atoms with E-state index < -0.39 is 0 Å². The Balaban J connectivity index is 1.85. The summed E-state index contributed by atoms with van der Waals surface area (Å²) in [5.41, 5.74) is 1.77. The van der Waals surface area contributed by atoms with Crippen LogP contribution in [0.15, 0.2) is 66.3 Å². The van der Waals surface area contributed by atoms with Crippen LogP contribution < -0.4 is 9.47 Å². The van der Waals surface area contributed by atoms with Crippen LogP contribution in [0.1, 0.15) is 12.5 Å². The van der Waals surface area contributed by atoms with Crippen molar-refractivity contribution < 1.29 is 9.47 Å². The molecule has 0 aliphatic heterocycles. The zero-order chi connectivity index (χ0) is 19.1. The molecule has 0 amide bonds. The summed E-state index contributed by atoms with van der Waals surface area (Å²) in [5, 5.41) is 11.6. The summed E-state index contributed by atoms with van der Waals surface area (Å²) in [6.07, 6.45) is 3.42. The third-order valence-electron chi connectivity index (χ3n) is 3.62. The summed E-state index contributed by atoms with van der Waals surface area (Å²) in [4.78, 5) is 0. The van der Waals surface area contributed by atoms with Gasteiger partial charge in [-0.05, 0) is 61.1 Å². The minimum Gasteiger partial charge on any atom is -0.494 e. The molecule has 0 fully saturated rings. The van der Waals surface area contributed by atoms with Crippen LogP contribution in [0.5, 0.6) is 11.5 Å². The lowest BCUT2D eigenvalue weighted by Gasteiger charge is -2.05. The van der Waals surface area contributed by atoms with Crippen molar-refractivity contribution in [3.05, 3.63) is 71.5 Å². The summed E-state index contributed by atoms with van der Waals surface area (Å²) < 4.78 is 13.0. The van der Waals surface area contributed by atoms with E-state index in [1.165, 1.54) is 0 Å². The van der Waals surface area contributed by atoms with Gasteiger partial charge in [-0.3, -0.25) is 0 Å². The molecule has 0 spiro atoms. The van der Waals surface area contributed by atoms with Gasteiger partial charge in [0.1, 0.15) is 18.1 Å². The monoisotopic (exact) mass is 380 g/mol. The maximum atomic E-state index is 5.54. The fourth-order valence-electron chi connectivity index (χ4n) is 2.42. The van der Waals surface area contributed by atoms with Gasteiger partial charge in [0.05, 0.1) is 12.8 Å². The van der Waals surface area contributed by atoms with E-state index in [-0.39, 0.29) is 0 Å². The first kappa shape index (κ1) is 18.6. The van der Waals surface area contributed by atoms with Gasteiger partial charge >= 0.3 is 0 Å². The molecule has 3 rings (SSSR count). The lowest BCUT2D eigenvalue weighted by atomic mass is 10.2. The number of ether oxygens (including phenoxy) is 2. The maximum absolute atomic E-state index is 5.54. The second kappa shape index (κ2) is 8.95. The lowest BCUT2D eigenvalue weighted by Crippen LogP contribution is -1.97. The van der Waals surface area contributed by atoms with E-state index in [9.17, 15) is 0 Å². The number of benzene rings is 2. The second-order valence-corrected chi connectivity index (χ2v) is 5.92. The van der Waals surface area contributed by atoms with Gasteiger partial charge in [0, 0.05) is 5.56 Å². The molecule has 2 aromatic carbocycles. The molecule has 7 heteroatoms. The summed E-state index contributed by atoms with van der Waals surface area (Å²) in [6, 6.07) is 15.3. The second-order valence-electron chi connectivity index (χ2n) is 5.54. The highest BCUT2D eigenvalue weighted by Crippen LogP contribution is 2.21. The van der Waals surface area contributed by atoms with E-state index in [0.29, 0.717) is 23.8 Å². The van der Waals surface area contributed by atoms with Crippen LogP contribution in [0.2, 0.25) is 0 Å². The normalized spacial score (nSPS) is 10.9. The summed E-state index contributed by atoms with van der Waals surface area (Å²) in [6.45, 7) is 6.67. The van der Waals surface area contributed by atoms with Gasteiger partial charge < -0.3 is 9.47 Å². The molecule has 0 atom stereocenters. The van der Waals surface area contributed by atoms with E-state index in [1.807, 2.05) is 55.5 Å². The number of hydrogen-bond acceptors (Lipinski definition) is 5. The molecular weight excluding hydrogens is 360 g/mol. The Kier molecular flexibility index (Phi) is 6.17. The predicted molar refractivity (Wildman–Crippen MR) is 109 cm³/mol. The molecule has 0 saturated carbocycles. The predicted octanol–water partition coefficient (Wildman–Crippen LogP) is 4.45. The molecule has 0 saturated heterocycles. The van der Waals surface area contributed by atoms with Crippen molar-refractivity contribution >= 4 is 18.4 Å². The van der Waals surface area contributed by atoms with Gasteiger partial charge in [-0.25, -0.2) is 5.10 Å². The molecule has 0 radical (unpaired) electrons. The number of H-pyrrole nitrogens is 1. The first-order valence-electron chi connectivity index (χ1n) is 8.50. The van der Waals surface area contributed by atoms with E-state index in [2.05, 4.69) is 21.9 Å². The molecule has 27 heavy (non-hydrogen) atoms. The zero-order valence-electron chi connectivity index (χ0n) is 15.0. The standard InChI is InChI=1S/C20H20N4O2S/c1-3-12-26-18-7-5-6-15(13-18)14-21-24-19(22-23-20(24)27)16-8-10-17(11-9-16)25-4-2/h3,5-11,13-14H,1,4,12H2,2H3,(H,23,27)/b21-14-. The topological polar surface area (TPSA) is 64.4 Å². The number of aromatic nitrogens is 3. The molecule has 138 valence electrons. The smallest absolute Gasteiger partial charge is 0.216 e. The van der Waals surface area contributed by atoms with Gasteiger partial charge in [0.15, 0.2) is 5.82 Å². The van der Waals surface area contributed by atoms with Crippen LogP contribution in [0.25, 0.3) is 11.4 Å². The average Bonchev–Trinajstić information content (AvgIpc) is 3.06. The highest BCUT2D eigenvalue weighted by atomic mass is 32.1. The molecular formula is C20H20N4O2S. The first-order chi connectivity index (χ1) is 13.2. The molecule has 1 heterocycles. The Hall–Kier alpha value is -3.19. The van der Waals surface area contributed by atoms with Crippen molar-refractivity contribution in [2.45, 2.75) is 6.92 Å². The van der Waals surface area contributed by atoms with E-state index in [0.717, 1.165) is 22.6 Å². The molecule has 0 unspecified atom stereocenters. The average molecular weight is 380 g/mol. The largest absolute Gasteiger partial charge is 0.494 e. The Bertz CT molecular complexity index is 990. The van der Waals surface area contributed by atoms with E-state index in [1.54, 1.807) is 17.0 Å². The van der Waals surface area contributed by atoms with Crippen molar-refractivity contribution in [3.63, 3.8) is 0 Å². The van der Waals surface area contributed by atoms with Crippen molar-refractivity contribution in [3.8, 4) is 22.9 Å². The molecule has 1 N–H and O–H groups in total. The highest BCUT2D eigenvalue weighted by molar-refractivity contribution is 7.71. The minimum atomic E-state index is 0.411. The van der Waals surface area contributed by atoms with Crippen LogP contribution in [-0.4, -0.2) is 34.3 Å². The quantitative estimate of drug-likeness (QED) is 0.356. The fraction of sp³-hybridized carbons (Fsp3) is 0.150. The highest BCUT2D eigenvalue weighted by Gasteiger charge is 2.08. The minimum absolute atomic E-state index is 0.411. The summed E-state index contributed by atoms with van der Waals surface area (Å²) in [7, 11) is 0. The maximum Gasteiger partial charge on any atom is 0.216 e. The molecule has 6 nitrogen and oxygen atoms in total. The van der Waals surface area contributed by atoms with Crippen LogP contribution in [0.4, 0.5) is 0 Å². The van der Waals surface area contributed by atoms with Gasteiger partial charge in [0.25, 0.3) is 0 Å². The van der Waals surface area contributed by atoms with E-state index in [4.69, 9.17) is 21.7 Å². The van der Waals surface area contributed by atoms with Crippen molar-refractivity contribution in [2.24, 2.45) is 5.10 Å². The fourth-order valence-corrected chi connectivity index (χ4v) is 2.60. The molecule has 3 aromatic rings. The van der Waals surface area contributed by atoms with Gasteiger partial charge in [0.2, 0.25) is 4.77 Å². The van der Waals surface area contributed by atoms with Gasteiger partial charge in [-0.1, -0.05) is 24.8 Å². The Morgan fingerprint density at radius 3 is 2.74 bits per heavy atom. The van der Waals surface area contributed by atoms with Crippen molar-refractivity contribution in [2.75, 3.05) is 13.2 Å². The number of aromatic amines is 1. The number of nitrogens with zero attached hydrogens (tertiary/aromatic N) is 3. The molecule has 0 aliphatic rings. The van der Waals surface area contributed by atoms with Crippen LogP contribution >= 0.6 is 12.2 Å². The van der Waals surface area contributed by atoms with Gasteiger partial charge in [-0.2, -0.15) is 14.9 Å². The third-order valence-corrected chi connectivity index (χ3v) is 3.89. The SMILES string of the molecule is C=CCOc1cccc(/C=N\n2c(-c3ccc(OCC)cc3)n[nH]c2=S)c1. The lowest BCUT2D eigenvalue weighted by molar-refractivity contribution is 0.340. The van der Waals surface area contributed by atoms with Crippen LogP contribution in [0.3, 0.4) is 0 Å². The number of nitrogens with one attached hydrogen (secondary N) is 1. The third kappa shape index (κ3) is 4.71. The number of rotatable bonds is 8.